The van der Waals surface area contributed by atoms with E-state index in [2.05, 4.69) is 5.43 Å². The Morgan fingerprint density at radius 1 is 1.35 bits per heavy atom. The Morgan fingerprint density at radius 3 is 2.65 bits per heavy atom. The van der Waals surface area contributed by atoms with Crippen molar-refractivity contribution in [2.24, 2.45) is 11.7 Å². The van der Waals surface area contributed by atoms with Crippen molar-refractivity contribution in [3.05, 3.63) is 0 Å². The van der Waals surface area contributed by atoms with Gasteiger partial charge in [-0.25, -0.2) is 5.01 Å². The molecule has 4 N–H and O–H groups in total. The van der Waals surface area contributed by atoms with E-state index in [9.17, 15) is 14.7 Å². The zero-order chi connectivity index (χ0) is 12.4. The van der Waals surface area contributed by atoms with Crippen LogP contribution in [-0.2, 0) is 9.59 Å². The largest absolute Gasteiger partial charge is 0.391 e. The van der Waals surface area contributed by atoms with Gasteiger partial charge in [-0.3, -0.25) is 15.0 Å². The molecular formula is C11H19N3O3. The minimum atomic E-state index is -0.792. The van der Waals surface area contributed by atoms with Gasteiger partial charge in [0.15, 0.2) is 0 Å². The maximum Gasteiger partial charge on any atom is 0.239 e. The molecule has 2 rings (SSSR count). The van der Waals surface area contributed by atoms with Crippen molar-refractivity contribution in [3.63, 3.8) is 0 Å². The third-order valence-electron chi connectivity index (χ3n) is 3.40. The minimum Gasteiger partial charge on any atom is -0.391 e. The molecule has 1 aliphatic heterocycles. The number of carbonyl (C=O) groups excluding carboxylic acids is 2. The summed E-state index contributed by atoms with van der Waals surface area (Å²) in [5.41, 5.74) is 7.85. The van der Waals surface area contributed by atoms with Crippen LogP contribution in [0.1, 0.15) is 32.1 Å². The number of nitrogens with zero attached hydrogens (tertiary/aromatic N) is 1. The van der Waals surface area contributed by atoms with Gasteiger partial charge in [0.05, 0.1) is 6.10 Å². The maximum atomic E-state index is 11.6. The fourth-order valence-corrected chi connectivity index (χ4v) is 2.20. The predicted molar refractivity (Wildman–Crippen MR) is 60.4 cm³/mol. The van der Waals surface area contributed by atoms with Gasteiger partial charge in [-0.1, -0.05) is 12.8 Å². The standard InChI is InChI=1S/C11H19N3O3/c12-11(17)10-8(15)5-6-14(10)13-9(16)4-3-7-1-2-7/h7-8,10,15H,1-6H2,(H2,12,17)(H,13,16)/t8-,10?/m0/s1. The van der Waals surface area contributed by atoms with Crippen LogP contribution in [0.25, 0.3) is 0 Å². The summed E-state index contributed by atoms with van der Waals surface area (Å²) in [4.78, 5) is 22.8. The van der Waals surface area contributed by atoms with E-state index in [1.165, 1.54) is 17.9 Å². The number of aliphatic hydroxyl groups excluding tert-OH is 1. The molecule has 2 amide bonds. The lowest BCUT2D eigenvalue weighted by Crippen LogP contribution is -2.53. The van der Waals surface area contributed by atoms with Crippen LogP contribution in [0.4, 0.5) is 0 Å². The van der Waals surface area contributed by atoms with Crippen LogP contribution in [0.3, 0.4) is 0 Å². The van der Waals surface area contributed by atoms with Gasteiger partial charge in [0, 0.05) is 13.0 Å². The second kappa shape index (κ2) is 5.01. The summed E-state index contributed by atoms with van der Waals surface area (Å²) >= 11 is 0. The first-order valence-corrected chi connectivity index (χ1v) is 6.11. The summed E-state index contributed by atoms with van der Waals surface area (Å²) in [6.45, 7) is 0.462. The second-order valence-corrected chi connectivity index (χ2v) is 4.91. The highest BCUT2D eigenvalue weighted by atomic mass is 16.3. The number of hydrazine groups is 1. The van der Waals surface area contributed by atoms with Crippen LogP contribution in [0.15, 0.2) is 0 Å². The number of nitrogens with two attached hydrogens (primary N) is 1. The first kappa shape index (κ1) is 12.3. The summed E-state index contributed by atoms with van der Waals surface area (Å²) < 4.78 is 0. The normalized spacial score (nSPS) is 29.2. The number of hydrogen-bond donors (Lipinski definition) is 3. The summed E-state index contributed by atoms with van der Waals surface area (Å²) in [5, 5.41) is 11.0. The SMILES string of the molecule is NC(=O)C1[C@@H](O)CCN1NC(=O)CCC1CC1. The van der Waals surface area contributed by atoms with Gasteiger partial charge in [0.2, 0.25) is 11.8 Å². The molecule has 2 aliphatic rings. The molecule has 0 aromatic heterocycles. The third kappa shape index (κ3) is 3.17. The van der Waals surface area contributed by atoms with Crippen LogP contribution in [0.2, 0.25) is 0 Å². The summed E-state index contributed by atoms with van der Waals surface area (Å²) in [6, 6.07) is -0.792. The Labute approximate surface area is 100 Å². The van der Waals surface area contributed by atoms with Crippen molar-refractivity contribution < 1.29 is 14.7 Å². The minimum absolute atomic E-state index is 0.0998. The quantitative estimate of drug-likeness (QED) is 0.583. The Hall–Kier alpha value is -1.14. The van der Waals surface area contributed by atoms with Gasteiger partial charge in [-0.2, -0.15) is 0 Å². The highest BCUT2D eigenvalue weighted by molar-refractivity contribution is 5.82. The molecule has 6 nitrogen and oxygen atoms in total. The van der Waals surface area contributed by atoms with E-state index >= 15 is 0 Å². The monoisotopic (exact) mass is 241 g/mol. The zero-order valence-corrected chi connectivity index (χ0v) is 9.76. The summed E-state index contributed by atoms with van der Waals surface area (Å²) in [7, 11) is 0. The molecule has 0 aromatic rings. The molecule has 1 unspecified atom stereocenters. The molecule has 2 atom stereocenters. The molecule has 17 heavy (non-hydrogen) atoms. The maximum absolute atomic E-state index is 11.6. The average molecular weight is 241 g/mol. The molecule has 0 radical (unpaired) electrons. The van der Waals surface area contributed by atoms with E-state index in [0.29, 0.717) is 25.3 Å². The molecule has 1 saturated carbocycles. The van der Waals surface area contributed by atoms with E-state index in [1.54, 1.807) is 0 Å². The van der Waals surface area contributed by atoms with E-state index < -0.39 is 18.1 Å². The van der Waals surface area contributed by atoms with Gasteiger partial charge in [0.1, 0.15) is 6.04 Å². The van der Waals surface area contributed by atoms with Gasteiger partial charge in [-0.05, 0) is 18.8 Å². The number of amides is 2. The molecule has 1 aliphatic carbocycles. The smallest absolute Gasteiger partial charge is 0.239 e. The first-order valence-electron chi connectivity index (χ1n) is 6.11. The molecule has 96 valence electrons. The first-order chi connectivity index (χ1) is 8.08. The molecule has 0 aromatic carbocycles. The van der Waals surface area contributed by atoms with Gasteiger partial charge < -0.3 is 10.8 Å². The van der Waals surface area contributed by atoms with Crippen LogP contribution in [-0.4, -0.2) is 40.6 Å². The van der Waals surface area contributed by atoms with Gasteiger partial charge in [-0.15, -0.1) is 0 Å². The van der Waals surface area contributed by atoms with E-state index in [-0.39, 0.29) is 5.91 Å². The Morgan fingerprint density at radius 2 is 2.06 bits per heavy atom. The number of aliphatic hydroxyl groups is 1. The van der Waals surface area contributed by atoms with Crippen molar-refractivity contribution in [1.29, 1.82) is 0 Å². The number of carbonyl (C=O) groups is 2. The van der Waals surface area contributed by atoms with Crippen LogP contribution < -0.4 is 11.2 Å². The number of hydrogen-bond acceptors (Lipinski definition) is 4. The van der Waals surface area contributed by atoms with E-state index in [1.807, 2.05) is 0 Å². The second-order valence-electron chi connectivity index (χ2n) is 4.91. The lowest BCUT2D eigenvalue weighted by Gasteiger charge is -2.23. The topological polar surface area (TPSA) is 95.7 Å². The van der Waals surface area contributed by atoms with Crippen molar-refractivity contribution >= 4 is 11.8 Å². The molecule has 1 heterocycles. The van der Waals surface area contributed by atoms with Gasteiger partial charge >= 0.3 is 0 Å². The molecular weight excluding hydrogens is 222 g/mol. The predicted octanol–water partition coefficient (Wildman–Crippen LogP) is -0.872. The highest BCUT2D eigenvalue weighted by Gasteiger charge is 2.38. The Balaban J connectivity index is 1.80. The van der Waals surface area contributed by atoms with Crippen molar-refractivity contribution in [1.82, 2.24) is 10.4 Å². The lowest BCUT2D eigenvalue weighted by molar-refractivity contribution is -0.131. The van der Waals surface area contributed by atoms with E-state index in [0.717, 1.165) is 6.42 Å². The molecule has 0 spiro atoms. The van der Waals surface area contributed by atoms with E-state index in [4.69, 9.17) is 5.73 Å². The van der Waals surface area contributed by atoms with Crippen LogP contribution in [0, 0.1) is 5.92 Å². The third-order valence-corrected chi connectivity index (χ3v) is 3.40. The molecule has 1 saturated heterocycles. The van der Waals surface area contributed by atoms with Crippen molar-refractivity contribution in [3.8, 4) is 0 Å². The van der Waals surface area contributed by atoms with Crippen LogP contribution in [0.5, 0.6) is 0 Å². The fourth-order valence-electron chi connectivity index (χ4n) is 2.20. The lowest BCUT2D eigenvalue weighted by atomic mass is 10.2. The number of primary amides is 1. The Bertz CT molecular complexity index is 317. The highest BCUT2D eigenvalue weighted by Crippen LogP contribution is 2.33. The number of rotatable bonds is 5. The zero-order valence-electron chi connectivity index (χ0n) is 9.76. The number of nitrogens with one attached hydrogen (secondary N) is 1. The molecule has 0 bridgehead atoms. The summed E-state index contributed by atoms with van der Waals surface area (Å²) in [6.07, 6.45) is 3.50. The molecule has 2 fully saturated rings. The van der Waals surface area contributed by atoms with Crippen molar-refractivity contribution in [2.45, 2.75) is 44.2 Å². The van der Waals surface area contributed by atoms with Gasteiger partial charge in [0.25, 0.3) is 0 Å². The molecule has 6 heteroatoms. The van der Waals surface area contributed by atoms with Crippen molar-refractivity contribution in [2.75, 3.05) is 6.54 Å². The summed E-state index contributed by atoms with van der Waals surface area (Å²) in [5.74, 6) is 0.00611. The van der Waals surface area contributed by atoms with Crippen LogP contribution >= 0.6 is 0 Å². The average Bonchev–Trinajstić information content (AvgIpc) is 3.00. The fraction of sp³-hybridized carbons (Fsp3) is 0.818. The Kier molecular flexibility index (Phi) is 3.63.